The zero-order valence-electron chi connectivity index (χ0n) is 14.6. The smallest absolute Gasteiger partial charge is 0.191 e. The Morgan fingerprint density at radius 2 is 2.04 bits per heavy atom. The van der Waals surface area contributed by atoms with Gasteiger partial charge in [0, 0.05) is 12.6 Å². The number of hydrogen-bond acceptors (Lipinski definition) is 4. The molecule has 0 spiro atoms. The molecular formula is C18H23IN4OS. The molecule has 134 valence electrons. The number of benzene rings is 1. The average Bonchev–Trinajstić information content (AvgIpc) is 3.18. The van der Waals surface area contributed by atoms with Crippen molar-refractivity contribution in [2.45, 2.75) is 33.4 Å². The van der Waals surface area contributed by atoms with Crippen LogP contribution in [-0.2, 0) is 6.54 Å². The highest BCUT2D eigenvalue weighted by Crippen LogP contribution is 2.31. The number of para-hydroxylation sites is 1. The summed E-state index contributed by atoms with van der Waals surface area (Å²) in [6.45, 7) is 7.55. The third-order valence-corrected chi connectivity index (χ3v) is 4.38. The Hall–Kier alpha value is -1.61. The second kappa shape index (κ2) is 9.19. The number of nitrogens with zero attached hydrogens (tertiary/aromatic N) is 2. The minimum absolute atomic E-state index is 0. The highest BCUT2D eigenvalue weighted by molar-refractivity contribution is 14.0. The summed E-state index contributed by atoms with van der Waals surface area (Å²) in [4.78, 5) is 9.18. The lowest BCUT2D eigenvalue weighted by Crippen LogP contribution is -2.40. The first-order chi connectivity index (χ1) is 11.7. The fourth-order valence-electron chi connectivity index (χ4n) is 2.31. The minimum Gasteiger partial charge on any atom is -0.457 e. The van der Waals surface area contributed by atoms with Gasteiger partial charge in [0.1, 0.15) is 12.3 Å². The van der Waals surface area contributed by atoms with Crippen molar-refractivity contribution in [1.29, 1.82) is 0 Å². The Bertz CT molecular complexity index is 807. The molecule has 2 aromatic heterocycles. The van der Waals surface area contributed by atoms with Crippen LogP contribution in [0, 0.1) is 0 Å². The van der Waals surface area contributed by atoms with Gasteiger partial charge in [-0.3, -0.25) is 0 Å². The summed E-state index contributed by atoms with van der Waals surface area (Å²) in [6, 6.07) is 12.4. The van der Waals surface area contributed by atoms with Gasteiger partial charge >= 0.3 is 0 Å². The molecule has 2 heterocycles. The summed E-state index contributed by atoms with van der Waals surface area (Å²) in [7, 11) is 0. The third-order valence-electron chi connectivity index (χ3n) is 3.33. The van der Waals surface area contributed by atoms with Crippen LogP contribution in [0.2, 0.25) is 0 Å². The molecule has 0 saturated carbocycles. The summed E-state index contributed by atoms with van der Waals surface area (Å²) < 4.78 is 7.08. The molecule has 2 N–H and O–H groups in total. The first-order valence-corrected chi connectivity index (χ1v) is 8.97. The van der Waals surface area contributed by atoms with Gasteiger partial charge in [-0.2, -0.15) is 0 Å². The highest BCUT2D eigenvalue weighted by atomic mass is 127. The Labute approximate surface area is 169 Å². The SMILES string of the molecule is CCNC(=NCc1ccc(-c2nc3ccccc3s2)o1)NC(C)C.I. The summed E-state index contributed by atoms with van der Waals surface area (Å²) in [5.74, 6) is 2.42. The second-order valence-electron chi connectivity index (χ2n) is 5.75. The van der Waals surface area contributed by atoms with Crippen LogP contribution in [0.15, 0.2) is 45.8 Å². The van der Waals surface area contributed by atoms with E-state index in [-0.39, 0.29) is 24.0 Å². The van der Waals surface area contributed by atoms with E-state index in [2.05, 4.69) is 47.4 Å². The molecule has 0 unspecified atom stereocenters. The largest absolute Gasteiger partial charge is 0.457 e. The molecule has 0 radical (unpaired) electrons. The van der Waals surface area contributed by atoms with E-state index in [1.54, 1.807) is 11.3 Å². The van der Waals surface area contributed by atoms with Crippen LogP contribution in [0.4, 0.5) is 0 Å². The quantitative estimate of drug-likeness (QED) is 0.324. The summed E-state index contributed by atoms with van der Waals surface area (Å²) in [5.41, 5.74) is 1.00. The molecule has 0 atom stereocenters. The van der Waals surface area contributed by atoms with Gasteiger partial charge in [-0.1, -0.05) is 12.1 Å². The zero-order chi connectivity index (χ0) is 16.9. The van der Waals surface area contributed by atoms with E-state index >= 15 is 0 Å². The van der Waals surface area contributed by atoms with Crippen molar-refractivity contribution in [3.8, 4) is 10.8 Å². The normalized spacial score (nSPS) is 11.6. The van der Waals surface area contributed by atoms with Crippen LogP contribution in [0.5, 0.6) is 0 Å². The van der Waals surface area contributed by atoms with Crippen LogP contribution in [0.3, 0.4) is 0 Å². The van der Waals surface area contributed by atoms with Gasteiger partial charge < -0.3 is 15.1 Å². The van der Waals surface area contributed by atoms with E-state index in [0.717, 1.165) is 34.5 Å². The Morgan fingerprint density at radius 3 is 2.76 bits per heavy atom. The Kier molecular flexibility index (Phi) is 7.24. The van der Waals surface area contributed by atoms with Crippen LogP contribution in [-0.4, -0.2) is 23.5 Å². The predicted molar refractivity (Wildman–Crippen MR) is 116 cm³/mol. The van der Waals surface area contributed by atoms with Gasteiger partial charge in [0.25, 0.3) is 0 Å². The maximum atomic E-state index is 5.92. The lowest BCUT2D eigenvalue weighted by atomic mass is 10.3. The minimum atomic E-state index is 0. The van der Waals surface area contributed by atoms with Crippen molar-refractivity contribution >= 4 is 51.5 Å². The number of nitrogens with one attached hydrogen (secondary N) is 2. The third kappa shape index (κ3) is 5.18. The molecule has 3 rings (SSSR count). The van der Waals surface area contributed by atoms with Crippen LogP contribution in [0.25, 0.3) is 21.0 Å². The molecule has 0 aliphatic heterocycles. The van der Waals surface area contributed by atoms with Gasteiger partial charge in [-0.05, 0) is 45.0 Å². The van der Waals surface area contributed by atoms with Gasteiger partial charge in [-0.15, -0.1) is 35.3 Å². The number of aliphatic imine (C=N–C) groups is 1. The molecule has 0 fully saturated rings. The first kappa shape index (κ1) is 19.7. The van der Waals surface area contributed by atoms with E-state index in [1.165, 1.54) is 4.70 Å². The number of aromatic nitrogens is 1. The Balaban J connectivity index is 0.00000225. The van der Waals surface area contributed by atoms with Crippen molar-refractivity contribution in [3.63, 3.8) is 0 Å². The molecular weight excluding hydrogens is 447 g/mol. The van der Waals surface area contributed by atoms with E-state index in [1.807, 2.05) is 30.3 Å². The van der Waals surface area contributed by atoms with Gasteiger partial charge in [0.05, 0.1) is 10.2 Å². The van der Waals surface area contributed by atoms with Crippen LogP contribution < -0.4 is 10.6 Å². The topological polar surface area (TPSA) is 62.5 Å². The van der Waals surface area contributed by atoms with E-state index in [9.17, 15) is 0 Å². The Morgan fingerprint density at radius 1 is 1.24 bits per heavy atom. The standard InChI is InChI=1S/C18H22N4OS.HI/c1-4-19-18(21-12(2)3)20-11-13-9-10-15(23-13)17-22-14-7-5-6-8-16(14)24-17;/h5-10,12H,4,11H2,1-3H3,(H2,19,20,21);1H. The molecule has 0 amide bonds. The zero-order valence-corrected chi connectivity index (χ0v) is 17.7. The molecule has 3 aromatic rings. The molecule has 25 heavy (non-hydrogen) atoms. The van der Waals surface area contributed by atoms with Crippen molar-refractivity contribution in [3.05, 3.63) is 42.2 Å². The second-order valence-corrected chi connectivity index (χ2v) is 6.78. The first-order valence-electron chi connectivity index (χ1n) is 8.15. The fraction of sp³-hybridized carbons (Fsp3) is 0.333. The van der Waals surface area contributed by atoms with E-state index in [4.69, 9.17) is 4.42 Å². The van der Waals surface area contributed by atoms with E-state index in [0.29, 0.717) is 12.6 Å². The number of halogens is 1. The lowest BCUT2D eigenvalue weighted by Gasteiger charge is -2.13. The average molecular weight is 470 g/mol. The highest BCUT2D eigenvalue weighted by Gasteiger charge is 2.10. The summed E-state index contributed by atoms with van der Waals surface area (Å²) in [6.07, 6.45) is 0. The number of guanidine groups is 1. The monoisotopic (exact) mass is 470 g/mol. The maximum absolute atomic E-state index is 5.92. The van der Waals surface area contributed by atoms with Gasteiger partial charge in [0.15, 0.2) is 16.7 Å². The molecule has 1 aromatic carbocycles. The lowest BCUT2D eigenvalue weighted by molar-refractivity contribution is 0.524. The summed E-state index contributed by atoms with van der Waals surface area (Å²) in [5, 5.41) is 7.42. The van der Waals surface area contributed by atoms with Gasteiger partial charge in [0.2, 0.25) is 0 Å². The number of thiazole rings is 1. The van der Waals surface area contributed by atoms with Crippen molar-refractivity contribution in [1.82, 2.24) is 15.6 Å². The summed E-state index contributed by atoms with van der Waals surface area (Å²) >= 11 is 1.64. The van der Waals surface area contributed by atoms with Gasteiger partial charge in [-0.25, -0.2) is 9.98 Å². The number of fused-ring (bicyclic) bond motifs is 1. The maximum Gasteiger partial charge on any atom is 0.191 e. The number of furan rings is 1. The fourth-order valence-corrected chi connectivity index (χ4v) is 3.23. The molecule has 5 nitrogen and oxygen atoms in total. The number of rotatable bonds is 5. The number of hydrogen-bond donors (Lipinski definition) is 2. The van der Waals surface area contributed by atoms with Crippen molar-refractivity contribution in [2.24, 2.45) is 4.99 Å². The predicted octanol–water partition coefficient (Wildman–Crippen LogP) is 4.64. The molecule has 7 heteroatoms. The molecule has 0 aliphatic rings. The van der Waals surface area contributed by atoms with E-state index < -0.39 is 0 Å². The molecule has 0 aliphatic carbocycles. The molecule has 0 saturated heterocycles. The van der Waals surface area contributed by atoms with Crippen molar-refractivity contribution < 1.29 is 4.42 Å². The van der Waals surface area contributed by atoms with Crippen LogP contribution in [0.1, 0.15) is 26.5 Å². The molecule has 0 bridgehead atoms. The van der Waals surface area contributed by atoms with Crippen molar-refractivity contribution in [2.75, 3.05) is 6.54 Å². The van der Waals surface area contributed by atoms with Crippen LogP contribution >= 0.6 is 35.3 Å².